The van der Waals surface area contributed by atoms with E-state index in [1.54, 1.807) is 12.4 Å². The largest absolute Gasteiger partial charge is 0.396 e. The molecule has 1 aromatic heterocycles. The van der Waals surface area contributed by atoms with Gasteiger partial charge in [-0.1, -0.05) is 15.9 Å². The van der Waals surface area contributed by atoms with E-state index in [-0.39, 0.29) is 0 Å². The molecule has 0 spiro atoms. The third-order valence-corrected chi connectivity index (χ3v) is 3.18. The molecule has 2 rings (SSSR count). The maximum absolute atomic E-state index is 5.80. The van der Waals surface area contributed by atoms with Crippen LogP contribution in [0.2, 0.25) is 0 Å². The quantitative estimate of drug-likeness (QED) is 0.884. The molecular formula is C12H12BrN3. The van der Waals surface area contributed by atoms with Crippen molar-refractivity contribution in [2.75, 3.05) is 11.1 Å². The lowest BCUT2D eigenvalue weighted by Crippen LogP contribution is -1.96. The molecule has 16 heavy (non-hydrogen) atoms. The van der Waals surface area contributed by atoms with E-state index in [0.717, 1.165) is 15.8 Å². The normalized spacial score (nSPS) is 10.1. The van der Waals surface area contributed by atoms with Crippen molar-refractivity contribution in [1.29, 1.82) is 0 Å². The number of nitrogens with one attached hydrogen (secondary N) is 1. The van der Waals surface area contributed by atoms with Gasteiger partial charge >= 0.3 is 0 Å². The van der Waals surface area contributed by atoms with Crippen molar-refractivity contribution in [2.45, 2.75) is 6.92 Å². The molecule has 0 saturated carbocycles. The summed E-state index contributed by atoms with van der Waals surface area (Å²) in [7, 11) is 0. The highest BCUT2D eigenvalue weighted by atomic mass is 79.9. The molecule has 3 N–H and O–H groups in total. The number of rotatable bonds is 2. The first-order valence-corrected chi connectivity index (χ1v) is 5.69. The Kier molecular flexibility index (Phi) is 3.10. The Bertz CT molecular complexity index is 511. The molecule has 0 unspecified atom stereocenters. The van der Waals surface area contributed by atoms with E-state index < -0.39 is 0 Å². The van der Waals surface area contributed by atoms with Gasteiger partial charge in [-0.15, -0.1) is 0 Å². The molecule has 0 aliphatic heterocycles. The topological polar surface area (TPSA) is 50.9 Å². The van der Waals surface area contributed by atoms with Crippen molar-refractivity contribution in [2.24, 2.45) is 0 Å². The highest BCUT2D eigenvalue weighted by Gasteiger charge is 2.00. The third-order valence-electron chi connectivity index (χ3n) is 2.29. The fraction of sp³-hybridized carbons (Fsp3) is 0.0833. The second-order valence-corrected chi connectivity index (χ2v) is 4.41. The summed E-state index contributed by atoms with van der Waals surface area (Å²) in [6.07, 6.45) is 3.35. The number of benzene rings is 1. The van der Waals surface area contributed by atoms with E-state index in [2.05, 4.69) is 32.3 Å². The van der Waals surface area contributed by atoms with E-state index in [1.165, 1.54) is 5.56 Å². The molecule has 0 saturated heterocycles. The zero-order valence-corrected chi connectivity index (χ0v) is 10.5. The van der Waals surface area contributed by atoms with Gasteiger partial charge in [-0.05, 0) is 36.8 Å². The average Bonchev–Trinajstić information content (AvgIpc) is 2.27. The van der Waals surface area contributed by atoms with Gasteiger partial charge in [0.1, 0.15) is 0 Å². The van der Waals surface area contributed by atoms with Crippen LogP contribution in [0.4, 0.5) is 17.1 Å². The van der Waals surface area contributed by atoms with Crippen LogP contribution in [0.15, 0.2) is 41.1 Å². The van der Waals surface area contributed by atoms with Gasteiger partial charge < -0.3 is 11.1 Å². The summed E-state index contributed by atoms with van der Waals surface area (Å²) in [5.74, 6) is 0. The minimum atomic E-state index is 0.642. The zero-order valence-electron chi connectivity index (χ0n) is 8.87. The number of aromatic nitrogens is 1. The first-order valence-electron chi connectivity index (χ1n) is 4.89. The lowest BCUT2D eigenvalue weighted by atomic mass is 10.2. The molecule has 1 aromatic carbocycles. The van der Waals surface area contributed by atoms with Gasteiger partial charge in [0.05, 0.1) is 17.6 Å². The predicted octanol–water partition coefficient (Wildman–Crippen LogP) is 3.48. The first kappa shape index (κ1) is 11.0. The van der Waals surface area contributed by atoms with Crippen molar-refractivity contribution < 1.29 is 0 Å². The fourth-order valence-electron chi connectivity index (χ4n) is 1.40. The van der Waals surface area contributed by atoms with Gasteiger partial charge in [-0.25, -0.2) is 0 Å². The van der Waals surface area contributed by atoms with Gasteiger partial charge in [0.25, 0.3) is 0 Å². The Labute approximate surface area is 103 Å². The molecule has 0 fully saturated rings. The molecule has 3 nitrogen and oxygen atoms in total. The van der Waals surface area contributed by atoms with E-state index >= 15 is 0 Å². The monoisotopic (exact) mass is 277 g/mol. The number of aryl methyl sites for hydroxylation is 1. The van der Waals surface area contributed by atoms with Crippen molar-refractivity contribution in [3.8, 4) is 0 Å². The maximum Gasteiger partial charge on any atom is 0.0739 e. The Hall–Kier alpha value is -1.55. The number of nitrogen functional groups attached to an aromatic ring is 1. The summed E-state index contributed by atoms with van der Waals surface area (Å²) in [6.45, 7) is 2.05. The van der Waals surface area contributed by atoms with E-state index in [4.69, 9.17) is 5.73 Å². The number of hydrogen-bond acceptors (Lipinski definition) is 3. The third kappa shape index (κ3) is 2.33. The summed E-state index contributed by atoms with van der Waals surface area (Å²) < 4.78 is 1.10. The minimum absolute atomic E-state index is 0.642. The molecule has 0 atom stereocenters. The molecule has 0 aliphatic rings. The first-order chi connectivity index (χ1) is 7.66. The lowest BCUT2D eigenvalue weighted by molar-refractivity contribution is 1.32. The van der Waals surface area contributed by atoms with E-state index in [9.17, 15) is 0 Å². The Balaban J connectivity index is 2.28. The smallest absolute Gasteiger partial charge is 0.0739 e. The molecule has 0 bridgehead atoms. The molecule has 1 heterocycles. The number of pyridine rings is 1. The zero-order chi connectivity index (χ0) is 11.5. The summed E-state index contributed by atoms with van der Waals surface area (Å²) in [5, 5.41) is 3.25. The number of hydrogen-bond donors (Lipinski definition) is 2. The van der Waals surface area contributed by atoms with Gasteiger partial charge in [0.2, 0.25) is 0 Å². The van der Waals surface area contributed by atoms with Crippen LogP contribution in [0.1, 0.15) is 5.56 Å². The van der Waals surface area contributed by atoms with E-state index in [0.29, 0.717) is 5.69 Å². The van der Waals surface area contributed by atoms with Crippen molar-refractivity contribution in [3.05, 3.63) is 46.7 Å². The Morgan fingerprint density at radius 2 is 2.12 bits per heavy atom. The van der Waals surface area contributed by atoms with Crippen LogP contribution >= 0.6 is 15.9 Å². The second kappa shape index (κ2) is 4.53. The number of anilines is 3. The molecule has 2 aromatic rings. The van der Waals surface area contributed by atoms with Gasteiger partial charge in [-0.2, -0.15) is 0 Å². The van der Waals surface area contributed by atoms with E-state index in [1.807, 2.05) is 25.1 Å². The number of nitrogens with two attached hydrogens (primary N) is 1. The fourth-order valence-corrected chi connectivity index (χ4v) is 1.65. The van der Waals surface area contributed by atoms with Crippen LogP contribution in [0, 0.1) is 6.92 Å². The minimum Gasteiger partial charge on any atom is -0.396 e. The number of halogens is 1. The van der Waals surface area contributed by atoms with Crippen LogP contribution in [-0.4, -0.2) is 4.98 Å². The lowest BCUT2D eigenvalue weighted by Gasteiger charge is -2.09. The summed E-state index contributed by atoms with van der Waals surface area (Å²) in [6, 6.07) is 7.92. The van der Waals surface area contributed by atoms with Crippen LogP contribution in [-0.2, 0) is 0 Å². The van der Waals surface area contributed by atoms with Crippen molar-refractivity contribution in [3.63, 3.8) is 0 Å². The summed E-state index contributed by atoms with van der Waals surface area (Å²) in [4.78, 5) is 3.95. The Morgan fingerprint density at radius 1 is 1.31 bits per heavy atom. The standard InChI is InChI=1S/C12H12BrN3/c1-8-6-9(2-3-10(8)13)16-12-4-5-15-7-11(12)14/h2-7H,14H2,1H3,(H,15,16). The Morgan fingerprint density at radius 3 is 2.81 bits per heavy atom. The highest BCUT2D eigenvalue weighted by Crippen LogP contribution is 2.25. The van der Waals surface area contributed by atoms with Gasteiger partial charge in [0, 0.05) is 16.4 Å². The summed E-state index contributed by atoms with van der Waals surface area (Å²) >= 11 is 3.47. The van der Waals surface area contributed by atoms with Crippen LogP contribution in [0.5, 0.6) is 0 Å². The summed E-state index contributed by atoms with van der Waals surface area (Å²) in [5.41, 5.74) is 9.51. The van der Waals surface area contributed by atoms with Gasteiger partial charge in [-0.3, -0.25) is 4.98 Å². The van der Waals surface area contributed by atoms with Crippen LogP contribution in [0.3, 0.4) is 0 Å². The predicted molar refractivity (Wildman–Crippen MR) is 70.8 cm³/mol. The molecular weight excluding hydrogens is 266 g/mol. The molecule has 0 radical (unpaired) electrons. The maximum atomic E-state index is 5.80. The SMILES string of the molecule is Cc1cc(Nc2ccncc2N)ccc1Br. The van der Waals surface area contributed by atoms with Gasteiger partial charge in [0.15, 0.2) is 0 Å². The molecule has 4 heteroatoms. The van der Waals surface area contributed by atoms with Crippen LogP contribution in [0.25, 0.3) is 0 Å². The molecule has 0 aliphatic carbocycles. The average molecular weight is 278 g/mol. The van der Waals surface area contributed by atoms with Crippen molar-refractivity contribution in [1.82, 2.24) is 4.98 Å². The van der Waals surface area contributed by atoms with Crippen LogP contribution < -0.4 is 11.1 Å². The van der Waals surface area contributed by atoms with Crippen molar-refractivity contribution >= 4 is 33.0 Å². The number of nitrogens with zero attached hydrogens (tertiary/aromatic N) is 1. The molecule has 0 amide bonds. The highest BCUT2D eigenvalue weighted by molar-refractivity contribution is 9.10. The second-order valence-electron chi connectivity index (χ2n) is 3.55. The molecule has 82 valence electrons.